The number of thioether (sulfide) groups is 1. The van der Waals surface area contributed by atoms with E-state index in [1.165, 1.54) is 22.5 Å². The molecule has 8 heteroatoms. The lowest BCUT2D eigenvalue weighted by Crippen LogP contribution is -2.24. The molecule has 0 aliphatic carbocycles. The molecule has 0 radical (unpaired) electrons. The number of hydrogen-bond acceptors (Lipinski definition) is 7. The predicted octanol–water partition coefficient (Wildman–Crippen LogP) is 1.58. The van der Waals surface area contributed by atoms with Gasteiger partial charge in [0.15, 0.2) is 22.1 Å². The Morgan fingerprint density at radius 1 is 1.55 bits per heavy atom. The number of nitrogens with zero attached hydrogens (tertiary/aromatic N) is 5. The fourth-order valence-corrected chi connectivity index (χ4v) is 2.41. The highest BCUT2D eigenvalue weighted by molar-refractivity contribution is 7.98. The van der Waals surface area contributed by atoms with Gasteiger partial charge in [0.25, 0.3) is 5.56 Å². The summed E-state index contributed by atoms with van der Waals surface area (Å²) in [4.78, 5) is 36.8. The van der Waals surface area contributed by atoms with Gasteiger partial charge in [-0.1, -0.05) is 17.8 Å². The first-order valence-corrected chi connectivity index (χ1v) is 7.67. The van der Waals surface area contributed by atoms with E-state index in [0.29, 0.717) is 11.7 Å². The second-order valence-corrected chi connectivity index (χ2v) is 5.09. The molecule has 0 spiro atoms. The third-order valence-corrected chi connectivity index (χ3v) is 3.55. The van der Waals surface area contributed by atoms with Gasteiger partial charge in [0.2, 0.25) is 0 Å². The van der Waals surface area contributed by atoms with Crippen LogP contribution in [0, 0.1) is 11.3 Å². The minimum Gasteiger partial charge on any atom is -0.292 e. The molecule has 0 atom stereocenters. The number of nitriles is 1. The van der Waals surface area contributed by atoms with Crippen molar-refractivity contribution in [1.82, 2.24) is 19.5 Å². The van der Waals surface area contributed by atoms with Crippen molar-refractivity contribution in [3.05, 3.63) is 34.9 Å². The zero-order valence-corrected chi connectivity index (χ0v) is 12.8. The van der Waals surface area contributed by atoms with Gasteiger partial charge in [-0.15, -0.1) is 6.58 Å². The van der Waals surface area contributed by atoms with Crippen molar-refractivity contribution in [2.75, 3.05) is 6.26 Å². The third-order valence-electron chi connectivity index (χ3n) is 2.88. The Hall–Kier alpha value is -2.53. The summed E-state index contributed by atoms with van der Waals surface area (Å²) in [6.45, 7) is 3.91. The van der Waals surface area contributed by atoms with E-state index in [4.69, 9.17) is 5.26 Å². The lowest BCUT2D eigenvalue weighted by Gasteiger charge is -2.09. The summed E-state index contributed by atoms with van der Waals surface area (Å²) in [5.74, 6) is -0.320. The number of hydrogen-bond donors (Lipinski definition) is 0. The number of fused-ring (bicyclic) bond motifs is 1. The molecule has 0 unspecified atom stereocenters. The maximum absolute atomic E-state index is 12.5. The molecule has 2 rings (SSSR count). The smallest absolute Gasteiger partial charge is 0.282 e. The summed E-state index contributed by atoms with van der Waals surface area (Å²) in [6, 6.07) is 1.90. The van der Waals surface area contributed by atoms with Crippen molar-refractivity contribution in [1.29, 1.82) is 5.26 Å². The largest absolute Gasteiger partial charge is 0.292 e. The van der Waals surface area contributed by atoms with Gasteiger partial charge in [0.1, 0.15) is 5.69 Å². The predicted molar refractivity (Wildman–Crippen MR) is 82.7 cm³/mol. The minimum absolute atomic E-state index is 0.0439. The van der Waals surface area contributed by atoms with Gasteiger partial charge < -0.3 is 0 Å². The van der Waals surface area contributed by atoms with E-state index < -0.39 is 0 Å². The SMILES string of the molecule is C=CCn1c(SC)nc2ncc(C(=O)CCC#N)nc2c1=O. The Kier molecular flexibility index (Phi) is 5.01. The van der Waals surface area contributed by atoms with E-state index in [-0.39, 0.29) is 41.0 Å². The van der Waals surface area contributed by atoms with Crippen LogP contribution in [-0.4, -0.2) is 31.6 Å². The lowest BCUT2D eigenvalue weighted by atomic mass is 10.2. The summed E-state index contributed by atoms with van der Waals surface area (Å²) in [5, 5.41) is 9.03. The molecule has 0 aromatic carbocycles. The van der Waals surface area contributed by atoms with Gasteiger partial charge in [0, 0.05) is 19.4 Å². The van der Waals surface area contributed by atoms with Crippen molar-refractivity contribution >= 4 is 28.7 Å². The van der Waals surface area contributed by atoms with Crippen LogP contribution >= 0.6 is 11.8 Å². The third kappa shape index (κ3) is 3.04. The summed E-state index contributed by atoms with van der Waals surface area (Å²) in [7, 11) is 0. The second kappa shape index (κ2) is 6.95. The monoisotopic (exact) mass is 315 g/mol. The van der Waals surface area contributed by atoms with E-state index in [1.54, 1.807) is 12.3 Å². The molecule has 22 heavy (non-hydrogen) atoms. The number of carbonyl (C=O) groups is 1. The average Bonchev–Trinajstić information content (AvgIpc) is 2.54. The number of carbonyl (C=O) groups excluding carboxylic acids is 1. The highest BCUT2D eigenvalue weighted by Gasteiger charge is 2.15. The molecule has 2 heterocycles. The second-order valence-electron chi connectivity index (χ2n) is 4.31. The van der Waals surface area contributed by atoms with Gasteiger partial charge in [-0.3, -0.25) is 14.2 Å². The average molecular weight is 315 g/mol. The van der Waals surface area contributed by atoms with Crippen molar-refractivity contribution in [3.8, 4) is 6.07 Å². The summed E-state index contributed by atoms with van der Waals surface area (Å²) >= 11 is 1.32. The van der Waals surface area contributed by atoms with Gasteiger partial charge in [0.05, 0.1) is 12.3 Å². The van der Waals surface area contributed by atoms with E-state index in [9.17, 15) is 9.59 Å². The molecule has 2 aromatic heterocycles. The first-order valence-electron chi connectivity index (χ1n) is 6.45. The normalized spacial score (nSPS) is 10.4. The van der Waals surface area contributed by atoms with Crippen molar-refractivity contribution in [2.45, 2.75) is 24.5 Å². The first-order chi connectivity index (χ1) is 10.6. The van der Waals surface area contributed by atoms with E-state index in [1.807, 2.05) is 6.07 Å². The molecular weight excluding hydrogens is 302 g/mol. The zero-order valence-electron chi connectivity index (χ0n) is 11.9. The number of Topliss-reactive ketones (excluding diaryl/α,β-unsaturated/α-hetero) is 1. The molecule has 0 bridgehead atoms. The minimum atomic E-state index is -0.364. The number of rotatable bonds is 6. The Morgan fingerprint density at radius 3 is 2.95 bits per heavy atom. The molecule has 2 aromatic rings. The van der Waals surface area contributed by atoms with Crippen LogP contribution in [0.25, 0.3) is 11.2 Å². The van der Waals surface area contributed by atoms with Crippen LogP contribution in [-0.2, 0) is 6.54 Å². The van der Waals surface area contributed by atoms with Gasteiger partial charge in [-0.05, 0) is 6.26 Å². The van der Waals surface area contributed by atoms with E-state index in [2.05, 4.69) is 21.5 Å². The van der Waals surface area contributed by atoms with Gasteiger partial charge >= 0.3 is 0 Å². The maximum atomic E-state index is 12.5. The van der Waals surface area contributed by atoms with Gasteiger partial charge in [-0.2, -0.15) is 5.26 Å². The molecule has 0 N–H and O–H groups in total. The summed E-state index contributed by atoms with van der Waals surface area (Å²) < 4.78 is 1.43. The number of ketones is 1. The number of aromatic nitrogens is 4. The molecule has 112 valence electrons. The fourth-order valence-electron chi connectivity index (χ4n) is 1.85. The van der Waals surface area contributed by atoms with Crippen LogP contribution in [0.3, 0.4) is 0 Å². The van der Waals surface area contributed by atoms with Crippen LogP contribution in [0.2, 0.25) is 0 Å². The van der Waals surface area contributed by atoms with Crippen LogP contribution in [0.5, 0.6) is 0 Å². The Labute approximate surface area is 130 Å². The fraction of sp³-hybridized carbons (Fsp3) is 0.286. The van der Waals surface area contributed by atoms with Crippen LogP contribution in [0.4, 0.5) is 0 Å². The standard InChI is InChI=1S/C14H13N5O2S/c1-3-7-19-13(21)11-12(18-14(19)22-2)16-8-9(17-11)10(20)5-4-6-15/h3,8H,1,4-5,7H2,2H3. The topological polar surface area (TPSA) is 102 Å². The molecule has 0 saturated heterocycles. The van der Waals surface area contributed by atoms with Gasteiger partial charge in [-0.25, -0.2) is 15.0 Å². The molecular formula is C14H13N5O2S. The van der Waals surface area contributed by atoms with Crippen LogP contribution in [0.1, 0.15) is 23.3 Å². The highest BCUT2D eigenvalue weighted by Crippen LogP contribution is 2.13. The zero-order chi connectivity index (χ0) is 16.1. The molecule has 0 aliphatic heterocycles. The Balaban J connectivity index is 2.59. The molecule has 0 saturated carbocycles. The number of allylic oxidation sites excluding steroid dienone is 1. The molecule has 0 amide bonds. The van der Waals surface area contributed by atoms with E-state index >= 15 is 0 Å². The summed E-state index contributed by atoms with van der Waals surface area (Å²) in [6.07, 6.45) is 4.83. The van der Waals surface area contributed by atoms with Crippen molar-refractivity contribution in [2.24, 2.45) is 0 Å². The van der Waals surface area contributed by atoms with Crippen molar-refractivity contribution < 1.29 is 4.79 Å². The lowest BCUT2D eigenvalue weighted by molar-refractivity contribution is 0.0979. The van der Waals surface area contributed by atoms with E-state index in [0.717, 1.165) is 0 Å². The molecule has 0 aliphatic rings. The van der Waals surface area contributed by atoms with Crippen LogP contribution < -0.4 is 5.56 Å². The quantitative estimate of drug-likeness (QED) is 0.345. The Bertz CT molecular complexity index is 837. The van der Waals surface area contributed by atoms with Crippen LogP contribution in [0.15, 0.2) is 28.8 Å². The highest BCUT2D eigenvalue weighted by atomic mass is 32.2. The maximum Gasteiger partial charge on any atom is 0.282 e. The first kappa shape index (κ1) is 15.9. The molecule has 7 nitrogen and oxygen atoms in total. The summed E-state index contributed by atoms with van der Waals surface area (Å²) in [5.41, 5.74) is -0.0469. The molecule has 0 fully saturated rings. The Morgan fingerprint density at radius 2 is 2.32 bits per heavy atom. The van der Waals surface area contributed by atoms with Crippen molar-refractivity contribution in [3.63, 3.8) is 0 Å².